The first-order chi connectivity index (χ1) is 12.8. The van der Waals surface area contributed by atoms with Crippen molar-refractivity contribution >= 4 is 60.7 Å². The van der Waals surface area contributed by atoms with Crippen molar-refractivity contribution in [2.45, 2.75) is 0 Å². The molecule has 138 valence electrons. The highest BCUT2D eigenvalue weighted by Crippen LogP contribution is 2.29. The Morgan fingerprint density at radius 2 is 1.44 bits per heavy atom. The van der Waals surface area contributed by atoms with Crippen molar-refractivity contribution in [3.05, 3.63) is 73.4 Å². The van der Waals surface area contributed by atoms with Crippen molar-refractivity contribution in [3.63, 3.8) is 0 Å². The second-order valence-electron chi connectivity index (χ2n) is 5.10. The first-order valence-electron chi connectivity index (χ1n) is 7.25. The van der Waals surface area contributed by atoms with Crippen molar-refractivity contribution in [1.29, 1.82) is 0 Å². The van der Waals surface area contributed by atoms with E-state index < -0.39 is 16.7 Å². The van der Waals surface area contributed by atoms with Gasteiger partial charge in [0.2, 0.25) is 0 Å². The summed E-state index contributed by atoms with van der Waals surface area (Å²) in [5, 5.41) is 16.2. The molecule has 0 aliphatic heterocycles. The van der Waals surface area contributed by atoms with Gasteiger partial charge in [-0.05, 0) is 68.3 Å². The maximum absolute atomic E-state index is 12.2. The molecule has 0 saturated heterocycles. The molecule has 0 radical (unpaired) electrons. The number of nitro benzene ring substituents is 1. The topological polar surface area (TPSA) is 128 Å². The molecule has 0 fully saturated rings. The molecule has 1 aromatic carbocycles. The first-order valence-corrected chi connectivity index (χ1v) is 8.84. The lowest BCUT2D eigenvalue weighted by Gasteiger charge is -2.08. The van der Waals surface area contributed by atoms with E-state index in [9.17, 15) is 19.7 Å². The summed E-state index contributed by atoms with van der Waals surface area (Å²) < 4.78 is 11.0. The first kappa shape index (κ1) is 18.9. The smallest absolute Gasteiger partial charge is 0.292 e. The Hall–Kier alpha value is -2.92. The molecule has 2 heterocycles. The van der Waals surface area contributed by atoms with Gasteiger partial charge in [-0.1, -0.05) is 0 Å². The number of hydrogen-bond acceptors (Lipinski definition) is 6. The predicted molar refractivity (Wildman–Crippen MR) is 102 cm³/mol. The Morgan fingerprint density at radius 3 is 1.93 bits per heavy atom. The number of nitrogens with zero attached hydrogens (tertiary/aromatic N) is 1. The minimum absolute atomic E-state index is 0.0361. The fraction of sp³-hybridized carbons (Fsp3) is 0. The number of amides is 2. The predicted octanol–water partition coefficient (Wildman–Crippen LogP) is 4.81. The Balaban J connectivity index is 1.85. The van der Waals surface area contributed by atoms with Crippen LogP contribution < -0.4 is 10.6 Å². The van der Waals surface area contributed by atoms with Crippen LogP contribution >= 0.6 is 31.9 Å². The maximum atomic E-state index is 12.2. The summed E-state index contributed by atoms with van der Waals surface area (Å²) in [6, 6.07) is 9.71. The number of nitro groups is 1. The number of carbonyl (C=O) groups excluding carboxylic acids is 2. The lowest BCUT2D eigenvalue weighted by Crippen LogP contribution is -2.14. The molecule has 2 aromatic heterocycles. The van der Waals surface area contributed by atoms with Gasteiger partial charge in [0.15, 0.2) is 20.9 Å². The van der Waals surface area contributed by atoms with Crippen LogP contribution in [0.15, 0.2) is 60.6 Å². The van der Waals surface area contributed by atoms with Crippen LogP contribution in [0, 0.1) is 10.1 Å². The van der Waals surface area contributed by atoms with Gasteiger partial charge in [0.1, 0.15) is 5.69 Å². The number of anilines is 2. The van der Waals surface area contributed by atoms with Gasteiger partial charge in [-0.25, -0.2) is 0 Å². The number of nitrogens with one attached hydrogen (secondary N) is 2. The van der Waals surface area contributed by atoms with Crippen molar-refractivity contribution in [1.82, 2.24) is 0 Å². The largest absolute Gasteiger partial charge is 0.444 e. The zero-order valence-corrected chi connectivity index (χ0v) is 16.4. The van der Waals surface area contributed by atoms with Gasteiger partial charge in [0.05, 0.1) is 4.92 Å². The minimum atomic E-state index is -0.678. The van der Waals surface area contributed by atoms with Gasteiger partial charge in [-0.15, -0.1) is 0 Å². The fourth-order valence-corrected chi connectivity index (χ4v) is 2.74. The zero-order chi connectivity index (χ0) is 19.6. The Labute approximate surface area is 168 Å². The lowest BCUT2D eigenvalue weighted by atomic mass is 10.2. The molecule has 3 rings (SSSR count). The van der Waals surface area contributed by atoms with Crippen LogP contribution in [-0.2, 0) is 0 Å². The molecule has 0 aliphatic rings. The van der Waals surface area contributed by atoms with Crippen molar-refractivity contribution in [3.8, 4) is 0 Å². The van der Waals surface area contributed by atoms with Crippen molar-refractivity contribution < 1.29 is 23.3 Å². The molecule has 0 atom stereocenters. The van der Waals surface area contributed by atoms with E-state index in [2.05, 4.69) is 42.5 Å². The van der Waals surface area contributed by atoms with Crippen LogP contribution in [0.5, 0.6) is 0 Å². The summed E-state index contributed by atoms with van der Waals surface area (Å²) >= 11 is 6.16. The quantitative estimate of drug-likeness (QED) is 0.383. The third kappa shape index (κ3) is 4.44. The highest BCUT2D eigenvalue weighted by Gasteiger charge is 2.20. The Bertz CT molecular complexity index is 1040. The third-order valence-corrected chi connectivity index (χ3v) is 4.15. The summed E-state index contributed by atoms with van der Waals surface area (Å²) in [7, 11) is 0. The Kier molecular flexibility index (Phi) is 5.42. The van der Waals surface area contributed by atoms with E-state index >= 15 is 0 Å². The highest BCUT2D eigenvalue weighted by molar-refractivity contribution is 9.10. The van der Waals surface area contributed by atoms with Crippen LogP contribution in [-0.4, -0.2) is 16.7 Å². The summed E-state index contributed by atoms with van der Waals surface area (Å²) in [4.78, 5) is 34.9. The van der Waals surface area contributed by atoms with E-state index in [4.69, 9.17) is 8.83 Å². The fourth-order valence-electron chi connectivity index (χ4n) is 2.12. The molecule has 0 bridgehead atoms. The van der Waals surface area contributed by atoms with Gasteiger partial charge >= 0.3 is 0 Å². The number of furan rings is 2. The average molecular weight is 499 g/mol. The van der Waals surface area contributed by atoms with E-state index in [1.54, 1.807) is 6.07 Å². The monoisotopic (exact) mass is 497 g/mol. The molecular formula is C16H9Br2N3O6. The van der Waals surface area contributed by atoms with Gasteiger partial charge in [-0.2, -0.15) is 0 Å². The van der Waals surface area contributed by atoms with E-state index in [0.29, 0.717) is 9.34 Å². The second kappa shape index (κ2) is 7.76. The maximum Gasteiger partial charge on any atom is 0.292 e. The van der Waals surface area contributed by atoms with Crippen molar-refractivity contribution in [2.75, 3.05) is 10.6 Å². The average Bonchev–Trinajstić information content (AvgIpc) is 3.23. The van der Waals surface area contributed by atoms with Crippen LogP contribution in [0.25, 0.3) is 0 Å². The molecule has 0 saturated carbocycles. The molecule has 11 heteroatoms. The molecule has 0 aliphatic carbocycles. The minimum Gasteiger partial charge on any atom is -0.444 e. The molecule has 27 heavy (non-hydrogen) atoms. The summed E-state index contributed by atoms with van der Waals surface area (Å²) in [6.07, 6.45) is 0. The van der Waals surface area contributed by atoms with Crippen LogP contribution in [0.3, 0.4) is 0 Å². The van der Waals surface area contributed by atoms with E-state index in [1.165, 1.54) is 36.4 Å². The molecular weight excluding hydrogens is 490 g/mol. The number of rotatable bonds is 5. The van der Waals surface area contributed by atoms with Gasteiger partial charge in [0.25, 0.3) is 17.5 Å². The van der Waals surface area contributed by atoms with Gasteiger partial charge in [0, 0.05) is 11.8 Å². The second-order valence-corrected chi connectivity index (χ2v) is 6.67. The van der Waals surface area contributed by atoms with Crippen LogP contribution in [0.2, 0.25) is 0 Å². The summed E-state index contributed by atoms with van der Waals surface area (Å²) in [5.74, 6) is -1.22. The van der Waals surface area contributed by atoms with E-state index in [-0.39, 0.29) is 28.6 Å². The normalized spacial score (nSPS) is 10.4. The van der Waals surface area contributed by atoms with Crippen molar-refractivity contribution in [2.24, 2.45) is 0 Å². The molecule has 0 unspecified atom stereocenters. The molecule has 0 spiro atoms. The molecule has 2 N–H and O–H groups in total. The summed E-state index contributed by atoms with van der Waals surface area (Å²) in [6.45, 7) is 0. The number of carbonyl (C=O) groups is 2. The SMILES string of the molecule is O=C(Nc1ccc([N+](=O)[O-])c(NC(=O)c2ccc(Br)o2)c1)c1ccc(Br)o1. The van der Waals surface area contributed by atoms with Gasteiger partial charge in [-0.3, -0.25) is 19.7 Å². The summed E-state index contributed by atoms with van der Waals surface area (Å²) in [5.41, 5.74) is -0.210. The van der Waals surface area contributed by atoms with E-state index in [1.807, 2.05) is 0 Å². The third-order valence-electron chi connectivity index (χ3n) is 3.29. The highest BCUT2D eigenvalue weighted by atomic mass is 79.9. The molecule has 2 amide bonds. The zero-order valence-electron chi connectivity index (χ0n) is 13.2. The van der Waals surface area contributed by atoms with Gasteiger partial charge < -0.3 is 19.5 Å². The standard InChI is InChI=1S/C16H9Br2N3O6/c17-13-5-3-11(26-13)15(22)19-8-1-2-10(21(24)25)9(7-8)20-16(23)12-4-6-14(18)27-12/h1-7H,(H,19,22)(H,20,23). The molecule has 9 nitrogen and oxygen atoms in total. The molecule has 3 aromatic rings. The lowest BCUT2D eigenvalue weighted by molar-refractivity contribution is -0.383. The van der Waals surface area contributed by atoms with Crippen LogP contribution in [0.4, 0.5) is 17.1 Å². The number of benzene rings is 1. The van der Waals surface area contributed by atoms with E-state index in [0.717, 1.165) is 0 Å². The Morgan fingerprint density at radius 1 is 0.889 bits per heavy atom. The number of hydrogen-bond donors (Lipinski definition) is 2. The number of halogens is 2. The van der Waals surface area contributed by atoms with Crippen LogP contribution in [0.1, 0.15) is 21.1 Å².